The van der Waals surface area contributed by atoms with Gasteiger partial charge in [0.2, 0.25) is 0 Å². The number of ketones is 1. The molecule has 0 saturated carbocycles. The molecule has 0 atom stereocenters. The van der Waals surface area contributed by atoms with E-state index in [-0.39, 0.29) is 32.7 Å². The third-order valence-corrected chi connectivity index (χ3v) is 2.10. The summed E-state index contributed by atoms with van der Waals surface area (Å²) in [4.78, 5) is 11.3. The summed E-state index contributed by atoms with van der Waals surface area (Å²) >= 11 is 0. The fourth-order valence-corrected chi connectivity index (χ4v) is 1.52. The fraction of sp³-hybridized carbons (Fsp3) is 0.333. The maximum atomic E-state index is 11.3. The quantitative estimate of drug-likeness (QED) is 0.658. The van der Waals surface area contributed by atoms with Crippen molar-refractivity contribution >= 4 is 5.78 Å². The standard InChI is InChI=1S/C10H9O.C2H5.Y/c11-10-7-3-5-8-4-1-2-6-9(8)10;1-2;/h2,4,6H,3,5,7H2;1H2,2H3;/q2*-1;. The molecule has 0 aromatic heterocycles. The molecule has 1 aromatic carbocycles. The van der Waals surface area contributed by atoms with E-state index in [4.69, 9.17) is 0 Å². The van der Waals surface area contributed by atoms with E-state index >= 15 is 0 Å². The minimum Gasteiger partial charge on any atom is -0.346 e. The zero-order valence-corrected chi connectivity index (χ0v) is 11.4. The number of benzene rings is 1. The van der Waals surface area contributed by atoms with Gasteiger partial charge in [0.1, 0.15) is 5.78 Å². The fourth-order valence-electron chi connectivity index (χ4n) is 1.52. The van der Waals surface area contributed by atoms with Crippen LogP contribution < -0.4 is 0 Å². The van der Waals surface area contributed by atoms with Gasteiger partial charge in [-0.1, -0.05) is 18.4 Å². The first-order chi connectivity index (χ1) is 6.38. The number of rotatable bonds is 0. The summed E-state index contributed by atoms with van der Waals surface area (Å²) < 4.78 is 0. The zero-order valence-electron chi connectivity index (χ0n) is 8.55. The van der Waals surface area contributed by atoms with Crippen molar-refractivity contribution in [1.29, 1.82) is 0 Å². The molecule has 1 aliphatic carbocycles. The van der Waals surface area contributed by atoms with Crippen LogP contribution in [0.25, 0.3) is 0 Å². The largest absolute Gasteiger partial charge is 0.346 e. The molecule has 1 aromatic rings. The Morgan fingerprint density at radius 1 is 1.36 bits per heavy atom. The van der Waals surface area contributed by atoms with Gasteiger partial charge in [0.15, 0.2) is 0 Å². The summed E-state index contributed by atoms with van der Waals surface area (Å²) in [6.07, 6.45) is 2.76. The molecule has 0 N–H and O–H groups in total. The minimum absolute atomic E-state index is 0. The van der Waals surface area contributed by atoms with Crippen LogP contribution in [0, 0.1) is 13.0 Å². The number of hydrogen-bond acceptors (Lipinski definition) is 1. The Bertz CT molecular complexity index is 294. The molecule has 2 heteroatoms. The Morgan fingerprint density at radius 2 is 2.07 bits per heavy atom. The van der Waals surface area contributed by atoms with Crippen LogP contribution in [0.2, 0.25) is 0 Å². The summed E-state index contributed by atoms with van der Waals surface area (Å²) in [7, 11) is 0. The van der Waals surface area contributed by atoms with E-state index in [1.165, 1.54) is 5.56 Å². The number of carbonyl (C=O) groups is 1. The Balaban J connectivity index is 0.000000531. The van der Waals surface area contributed by atoms with Crippen LogP contribution in [0.3, 0.4) is 0 Å². The van der Waals surface area contributed by atoms with Crippen LogP contribution >= 0.6 is 0 Å². The van der Waals surface area contributed by atoms with Crippen LogP contribution in [-0.2, 0) is 39.1 Å². The molecular formula is C12H14OY-2. The van der Waals surface area contributed by atoms with Crippen LogP contribution in [-0.4, -0.2) is 5.78 Å². The second kappa shape index (κ2) is 7.31. The second-order valence-corrected chi connectivity index (χ2v) is 2.86. The molecule has 1 nitrogen and oxygen atoms in total. The molecule has 0 bridgehead atoms. The molecule has 0 heterocycles. The van der Waals surface area contributed by atoms with Crippen LogP contribution in [0.15, 0.2) is 18.2 Å². The summed E-state index contributed by atoms with van der Waals surface area (Å²) in [5.41, 5.74) is 2.08. The van der Waals surface area contributed by atoms with Crippen molar-refractivity contribution in [3.05, 3.63) is 42.3 Å². The van der Waals surface area contributed by atoms with Gasteiger partial charge >= 0.3 is 0 Å². The van der Waals surface area contributed by atoms with Crippen molar-refractivity contribution in [2.75, 3.05) is 0 Å². The summed E-state index contributed by atoms with van der Waals surface area (Å²) in [5, 5.41) is 0. The Kier molecular flexibility index (Phi) is 7.30. The first-order valence-electron chi connectivity index (χ1n) is 4.61. The number of hydrogen-bond donors (Lipinski definition) is 0. The first kappa shape index (κ1) is 14.0. The van der Waals surface area contributed by atoms with Crippen LogP contribution in [0.4, 0.5) is 0 Å². The SMILES string of the molecule is O=C1CCCc2c[c-]ccc21.[CH2-]C.[Y]. The minimum atomic E-state index is 0. The van der Waals surface area contributed by atoms with Crippen molar-refractivity contribution in [3.8, 4) is 0 Å². The van der Waals surface area contributed by atoms with Gasteiger partial charge in [0.25, 0.3) is 0 Å². The molecule has 0 amide bonds. The normalized spacial score (nSPS) is 13.1. The molecule has 0 saturated heterocycles. The van der Waals surface area contributed by atoms with Crippen molar-refractivity contribution in [3.63, 3.8) is 0 Å². The molecule has 0 fully saturated rings. The van der Waals surface area contributed by atoms with Crippen LogP contribution in [0.1, 0.15) is 35.7 Å². The molecule has 1 aliphatic rings. The molecule has 73 valence electrons. The van der Waals surface area contributed by atoms with Crippen LogP contribution in [0.5, 0.6) is 0 Å². The maximum absolute atomic E-state index is 11.3. The molecular weight excluding hydrogens is 249 g/mol. The van der Waals surface area contributed by atoms with Gasteiger partial charge < -0.3 is 6.92 Å². The average Bonchev–Trinajstić information content (AvgIpc) is 2.22. The third-order valence-electron chi connectivity index (χ3n) is 2.10. The van der Waals surface area contributed by atoms with Gasteiger partial charge in [-0.2, -0.15) is 31.2 Å². The van der Waals surface area contributed by atoms with Gasteiger partial charge in [-0.3, -0.25) is 4.79 Å². The average molecular weight is 263 g/mol. The Hall–Kier alpha value is -0.00610. The van der Waals surface area contributed by atoms with E-state index in [9.17, 15) is 4.79 Å². The van der Waals surface area contributed by atoms with Crippen molar-refractivity contribution in [2.45, 2.75) is 26.2 Å². The van der Waals surface area contributed by atoms with Gasteiger partial charge in [-0.15, -0.1) is 5.56 Å². The Morgan fingerprint density at radius 3 is 2.71 bits per heavy atom. The molecule has 2 rings (SSSR count). The predicted octanol–water partition coefficient (Wildman–Crippen LogP) is 2.84. The van der Waals surface area contributed by atoms with E-state index in [1.54, 1.807) is 6.92 Å². The zero-order chi connectivity index (χ0) is 9.68. The first-order valence-corrected chi connectivity index (χ1v) is 4.61. The number of aryl methyl sites for hydroxylation is 1. The van der Waals surface area contributed by atoms with Crippen molar-refractivity contribution in [2.24, 2.45) is 0 Å². The molecule has 0 spiro atoms. The molecule has 14 heavy (non-hydrogen) atoms. The van der Waals surface area contributed by atoms with E-state index in [1.807, 2.05) is 18.2 Å². The van der Waals surface area contributed by atoms with Gasteiger partial charge in [-0.05, 0) is 0 Å². The third kappa shape index (κ3) is 3.29. The summed E-state index contributed by atoms with van der Waals surface area (Å²) in [5.74, 6) is 0.292. The number of Topliss-reactive ketones (excluding diaryl/α,β-unsaturated/α-hetero) is 1. The summed E-state index contributed by atoms with van der Waals surface area (Å²) in [6, 6.07) is 8.59. The number of carbonyl (C=O) groups excluding carboxylic acids is 1. The monoisotopic (exact) mass is 263 g/mol. The predicted molar refractivity (Wildman–Crippen MR) is 53.6 cm³/mol. The van der Waals surface area contributed by atoms with Crippen molar-refractivity contribution < 1.29 is 37.5 Å². The molecule has 1 radical (unpaired) electrons. The van der Waals surface area contributed by atoms with E-state index < -0.39 is 0 Å². The van der Waals surface area contributed by atoms with E-state index in [2.05, 4.69) is 13.0 Å². The smallest absolute Gasteiger partial charge is 0.139 e. The second-order valence-electron chi connectivity index (χ2n) is 2.86. The van der Waals surface area contributed by atoms with Gasteiger partial charge in [-0.25, -0.2) is 0 Å². The van der Waals surface area contributed by atoms with E-state index in [0.717, 1.165) is 24.8 Å². The molecule has 0 unspecified atom stereocenters. The molecule has 0 aliphatic heterocycles. The topological polar surface area (TPSA) is 17.1 Å². The van der Waals surface area contributed by atoms with Crippen molar-refractivity contribution in [1.82, 2.24) is 0 Å². The van der Waals surface area contributed by atoms with E-state index in [0.29, 0.717) is 5.78 Å². The Labute approximate surface area is 111 Å². The van der Waals surface area contributed by atoms with Gasteiger partial charge in [0.05, 0.1) is 0 Å². The summed E-state index contributed by atoms with van der Waals surface area (Å²) in [6.45, 7) is 5.00. The maximum Gasteiger partial charge on any atom is 0.139 e. The van der Waals surface area contributed by atoms with Gasteiger partial charge in [0, 0.05) is 39.1 Å². The number of fused-ring (bicyclic) bond motifs is 1.